The van der Waals surface area contributed by atoms with E-state index in [1.54, 1.807) is 0 Å². The number of aryl methyl sites for hydroxylation is 1. The molecule has 102 valence electrons. The van der Waals surface area contributed by atoms with Crippen LogP contribution < -0.4 is 5.32 Å². The van der Waals surface area contributed by atoms with Gasteiger partial charge in [0.25, 0.3) is 0 Å². The van der Waals surface area contributed by atoms with Crippen molar-refractivity contribution < 1.29 is 0 Å². The number of nitrogens with one attached hydrogen (secondary N) is 1. The van der Waals surface area contributed by atoms with Crippen LogP contribution in [0.4, 0.5) is 0 Å². The third-order valence-corrected chi connectivity index (χ3v) is 4.55. The highest BCUT2D eigenvalue weighted by atomic mass is 35.5. The molecule has 1 aromatic carbocycles. The summed E-state index contributed by atoms with van der Waals surface area (Å²) in [6.45, 7) is 0. The van der Waals surface area contributed by atoms with Gasteiger partial charge in [0, 0.05) is 15.9 Å². The molecule has 0 radical (unpaired) electrons. The third-order valence-electron chi connectivity index (χ3n) is 3.36. The van der Waals surface area contributed by atoms with E-state index in [2.05, 4.69) is 35.0 Å². The zero-order valence-corrected chi connectivity index (χ0v) is 12.8. The molecule has 1 nitrogen and oxygen atoms in total. The first-order valence-electron chi connectivity index (χ1n) is 6.72. The lowest BCUT2D eigenvalue weighted by Gasteiger charge is -2.16. The largest absolute Gasteiger partial charge is 0.317 e. The molecule has 0 aliphatic rings. The van der Waals surface area contributed by atoms with E-state index in [9.17, 15) is 0 Å². The minimum Gasteiger partial charge on any atom is -0.317 e. The quantitative estimate of drug-likeness (QED) is 0.789. The lowest BCUT2D eigenvalue weighted by molar-refractivity contribution is 0.503. The van der Waals surface area contributed by atoms with Crippen molar-refractivity contribution in [2.75, 3.05) is 7.05 Å². The van der Waals surface area contributed by atoms with Crippen LogP contribution in [0.2, 0.25) is 5.02 Å². The summed E-state index contributed by atoms with van der Waals surface area (Å²) in [4.78, 5) is 1.49. The van der Waals surface area contributed by atoms with Gasteiger partial charge in [0.05, 0.1) is 0 Å². The summed E-state index contributed by atoms with van der Waals surface area (Å²) >= 11 is 7.76. The third kappa shape index (κ3) is 4.98. The Balaban J connectivity index is 1.78. The van der Waals surface area contributed by atoms with Crippen molar-refractivity contribution in [2.24, 2.45) is 0 Å². The Labute approximate surface area is 124 Å². The molecule has 3 heteroatoms. The fourth-order valence-electron chi connectivity index (χ4n) is 2.23. The molecule has 0 saturated heterocycles. The van der Waals surface area contributed by atoms with Crippen LogP contribution in [0.5, 0.6) is 0 Å². The SMILES string of the molecule is CNC(CCCc1cccs1)Cc1ccc(Cl)cc1. The number of likely N-dealkylation sites (N-methyl/N-ethyl adjacent to an activating group) is 1. The van der Waals surface area contributed by atoms with E-state index in [1.165, 1.54) is 29.7 Å². The van der Waals surface area contributed by atoms with Crippen LogP contribution in [0.3, 0.4) is 0 Å². The van der Waals surface area contributed by atoms with Gasteiger partial charge in [0.2, 0.25) is 0 Å². The average molecular weight is 294 g/mol. The maximum absolute atomic E-state index is 5.91. The molecule has 1 atom stereocenters. The number of hydrogen-bond acceptors (Lipinski definition) is 2. The molecular formula is C16H20ClNS. The van der Waals surface area contributed by atoms with Crippen LogP contribution in [-0.4, -0.2) is 13.1 Å². The molecule has 0 saturated carbocycles. The minimum absolute atomic E-state index is 0.543. The van der Waals surface area contributed by atoms with E-state index in [1.807, 2.05) is 30.5 Å². The lowest BCUT2D eigenvalue weighted by atomic mass is 10.0. The van der Waals surface area contributed by atoms with E-state index in [-0.39, 0.29) is 0 Å². The predicted octanol–water partition coefficient (Wildman–Crippen LogP) is 4.55. The van der Waals surface area contributed by atoms with Gasteiger partial charge in [-0.05, 0) is 61.9 Å². The summed E-state index contributed by atoms with van der Waals surface area (Å²) in [5.41, 5.74) is 1.35. The van der Waals surface area contributed by atoms with E-state index in [0.29, 0.717) is 6.04 Å². The number of rotatable bonds is 7. The second-order valence-corrected chi connectivity index (χ2v) is 6.26. The number of benzene rings is 1. The Morgan fingerprint density at radius 3 is 2.63 bits per heavy atom. The predicted molar refractivity (Wildman–Crippen MR) is 85.3 cm³/mol. The Morgan fingerprint density at radius 1 is 1.21 bits per heavy atom. The number of hydrogen-bond donors (Lipinski definition) is 1. The van der Waals surface area contributed by atoms with E-state index in [4.69, 9.17) is 11.6 Å². The molecule has 2 aromatic rings. The van der Waals surface area contributed by atoms with Gasteiger partial charge < -0.3 is 5.32 Å². The zero-order chi connectivity index (χ0) is 13.5. The van der Waals surface area contributed by atoms with Gasteiger partial charge in [0.1, 0.15) is 0 Å². The van der Waals surface area contributed by atoms with Crippen molar-refractivity contribution in [3.05, 3.63) is 57.2 Å². The molecule has 0 fully saturated rings. The standard InChI is InChI=1S/C16H20ClNS/c1-18-15(4-2-5-16-6-3-11-19-16)12-13-7-9-14(17)10-8-13/h3,6-11,15,18H,2,4-5,12H2,1H3. The molecule has 0 aliphatic carbocycles. The van der Waals surface area contributed by atoms with Gasteiger partial charge in [-0.15, -0.1) is 11.3 Å². The van der Waals surface area contributed by atoms with Crippen molar-refractivity contribution in [1.29, 1.82) is 0 Å². The van der Waals surface area contributed by atoms with Crippen molar-refractivity contribution >= 4 is 22.9 Å². The topological polar surface area (TPSA) is 12.0 Å². The van der Waals surface area contributed by atoms with Crippen LogP contribution in [0.25, 0.3) is 0 Å². The molecule has 0 spiro atoms. The van der Waals surface area contributed by atoms with Gasteiger partial charge in [-0.2, -0.15) is 0 Å². The van der Waals surface area contributed by atoms with Crippen LogP contribution in [-0.2, 0) is 12.8 Å². The van der Waals surface area contributed by atoms with Gasteiger partial charge >= 0.3 is 0 Å². The van der Waals surface area contributed by atoms with Crippen LogP contribution >= 0.6 is 22.9 Å². The molecule has 2 rings (SSSR count). The normalized spacial score (nSPS) is 12.5. The number of halogens is 1. The van der Waals surface area contributed by atoms with Crippen LogP contribution in [0.1, 0.15) is 23.3 Å². The molecule has 1 N–H and O–H groups in total. The second kappa shape index (κ2) is 7.68. The highest BCUT2D eigenvalue weighted by Crippen LogP contribution is 2.15. The molecular weight excluding hydrogens is 274 g/mol. The average Bonchev–Trinajstić information content (AvgIpc) is 2.93. The Bertz CT molecular complexity index is 464. The van der Waals surface area contributed by atoms with Gasteiger partial charge in [-0.1, -0.05) is 29.8 Å². The zero-order valence-electron chi connectivity index (χ0n) is 11.2. The molecule has 0 amide bonds. The lowest BCUT2D eigenvalue weighted by Crippen LogP contribution is -2.27. The summed E-state index contributed by atoms with van der Waals surface area (Å²) in [6, 6.07) is 13.1. The maximum Gasteiger partial charge on any atom is 0.0406 e. The summed E-state index contributed by atoms with van der Waals surface area (Å²) in [6.07, 6.45) is 4.70. The van der Waals surface area contributed by atoms with E-state index >= 15 is 0 Å². The monoisotopic (exact) mass is 293 g/mol. The fraction of sp³-hybridized carbons (Fsp3) is 0.375. The summed E-state index contributed by atoms with van der Waals surface area (Å²) in [7, 11) is 2.05. The first-order chi connectivity index (χ1) is 9.28. The van der Waals surface area contributed by atoms with Crippen LogP contribution in [0, 0.1) is 0 Å². The first-order valence-corrected chi connectivity index (χ1v) is 7.98. The van der Waals surface area contributed by atoms with Crippen LogP contribution in [0.15, 0.2) is 41.8 Å². The molecule has 19 heavy (non-hydrogen) atoms. The minimum atomic E-state index is 0.543. The Kier molecular flexibility index (Phi) is 5.90. The summed E-state index contributed by atoms with van der Waals surface area (Å²) < 4.78 is 0. The molecule has 0 bridgehead atoms. The highest BCUT2D eigenvalue weighted by Gasteiger charge is 2.07. The van der Waals surface area contributed by atoms with Gasteiger partial charge in [-0.25, -0.2) is 0 Å². The smallest absolute Gasteiger partial charge is 0.0406 e. The van der Waals surface area contributed by atoms with Gasteiger partial charge in [0.15, 0.2) is 0 Å². The molecule has 1 unspecified atom stereocenters. The van der Waals surface area contributed by atoms with Crippen molar-refractivity contribution in [2.45, 2.75) is 31.7 Å². The van der Waals surface area contributed by atoms with E-state index in [0.717, 1.165) is 11.4 Å². The van der Waals surface area contributed by atoms with Gasteiger partial charge in [-0.3, -0.25) is 0 Å². The van der Waals surface area contributed by atoms with Crippen molar-refractivity contribution in [1.82, 2.24) is 5.32 Å². The molecule has 1 heterocycles. The Hall–Kier alpha value is -0.830. The van der Waals surface area contributed by atoms with Crippen molar-refractivity contribution in [3.8, 4) is 0 Å². The first kappa shape index (κ1) is 14.6. The highest BCUT2D eigenvalue weighted by molar-refractivity contribution is 7.09. The maximum atomic E-state index is 5.91. The van der Waals surface area contributed by atoms with Crippen molar-refractivity contribution in [3.63, 3.8) is 0 Å². The molecule has 0 aliphatic heterocycles. The number of thiophene rings is 1. The van der Waals surface area contributed by atoms with E-state index < -0.39 is 0 Å². The summed E-state index contributed by atoms with van der Waals surface area (Å²) in [5.74, 6) is 0. The fourth-order valence-corrected chi connectivity index (χ4v) is 3.11. The Morgan fingerprint density at radius 2 is 2.00 bits per heavy atom. The second-order valence-electron chi connectivity index (χ2n) is 4.79. The summed E-state index contributed by atoms with van der Waals surface area (Å²) in [5, 5.41) is 6.37. The molecule has 1 aromatic heterocycles.